The molecule has 0 radical (unpaired) electrons. The van der Waals surface area contributed by atoms with Gasteiger partial charge >= 0.3 is 0 Å². The van der Waals surface area contributed by atoms with Gasteiger partial charge in [0.05, 0.1) is 11.9 Å². The summed E-state index contributed by atoms with van der Waals surface area (Å²) in [5.74, 6) is 0.556. The molecule has 21 heavy (non-hydrogen) atoms. The van der Waals surface area contributed by atoms with E-state index in [1.807, 2.05) is 30.3 Å². The summed E-state index contributed by atoms with van der Waals surface area (Å²) in [5.41, 5.74) is 1.27. The van der Waals surface area contributed by atoms with Crippen LogP contribution in [0.15, 0.2) is 36.5 Å². The molecule has 1 saturated carbocycles. The molecule has 1 heterocycles. The highest BCUT2D eigenvalue weighted by atomic mass is 16.2. The van der Waals surface area contributed by atoms with Gasteiger partial charge in [0.25, 0.3) is 5.91 Å². The Balaban J connectivity index is 1.67. The molecule has 0 aliphatic heterocycles. The Bertz CT molecular complexity index is 608. The first-order valence-corrected chi connectivity index (χ1v) is 7.51. The second-order valence-electron chi connectivity index (χ2n) is 5.83. The zero-order valence-corrected chi connectivity index (χ0v) is 12.2. The molecule has 5 heteroatoms. The summed E-state index contributed by atoms with van der Waals surface area (Å²) >= 11 is 0. The molecule has 3 rings (SSSR count). The molecule has 0 bridgehead atoms. The van der Waals surface area contributed by atoms with Gasteiger partial charge in [-0.15, -0.1) is 5.10 Å². The summed E-state index contributed by atoms with van der Waals surface area (Å²) < 4.78 is 1.62. The summed E-state index contributed by atoms with van der Waals surface area (Å²) in [6.07, 6.45) is 6.23. The number of hydrogen-bond acceptors (Lipinski definition) is 3. The van der Waals surface area contributed by atoms with E-state index in [1.54, 1.807) is 10.9 Å². The number of para-hydroxylation sites is 1. The van der Waals surface area contributed by atoms with Crippen LogP contribution >= 0.6 is 0 Å². The molecular formula is C16H20N4O. The first-order chi connectivity index (χ1) is 10.2. The number of carbonyl (C=O) groups is 1. The van der Waals surface area contributed by atoms with Crippen molar-refractivity contribution in [1.82, 2.24) is 20.3 Å². The molecule has 110 valence electrons. The molecule has 1 aliphatic rings. The van der Waals surface area contributed by atoms with Crippen LogP contribution in [-0.2, 0) is 0 Å². The zero-order chi connectivity index (χ0) is 14.7. The summed E-state index contributed by atoms with van der Waals surface area (Å²) in [5, 5.41) is 11.1. The predicted octanol–water partition coefficient (Wildman–Crippen LogP) is 2.58. The molecule has 1 fully saturated rings. The van der Waals surface area contributed by atoms with Crippen LogP contribution in [0, 0.1) is 5.92 Å². The number of hydrogen-bond donors (Lipinski definition) is 1. The lowest BCUT2D eigenvalue weighted by atomic mass is 9.87. The number of benzene rings is 1. The minimum absolute atomic E-state index is 0.128. The SMILES string of the molecule is C[C@H]1CCC[C@@H](NC(=O)c2cn(-c3ccccc3)nn2)C1. The van der Waals surface area contributed by atoms with E-state index in [-0.39, 0.29) is 11.9 Å². The Kier molecular flexibility index (Phi) is 3.99. The minimum Gasteiger partial charge on any atom is -0.348 e. The molecular weight excluding hydrogens is 264 g/mol. The minimum atomic E-state index is -0.128. The fourth-order valence-corrected chi connectivity index (χ4v) is 2.90. The summed E-state index contributed by atoms with van der Waals surface area (Å²) in [6.45, 7) is 2.24. The number of amides is 1. The van der Waals surface area contributed by atoms with E-state index < -0.39 is 0 Å². The number of nitrogens with zero attached hydrogens (tertiary/aromatic N) is 3. The largest absolute Gasteiger partial charge is 0.348 e. The average molecular weight is 284 g/mol. The van der Waals surface area contributed by atoms with Crippen molar-refractivity contribution in [2.24, 2.45) is 5.92 Å². The topological polar surface area (TPSA) is 59.8 Å². The van der Waals surface area contributed by atoms with Crippen molar-refractivity contribution < 1.29 is 4.79 Å². The number of aromatic nitrogens is 3. The molecule has 1 aromatic carbocycles. The Morgan fingerprint density at radius 1 is 1.29 bits per heavy atom. The van der Waals surface area contributed by atoms with E-state index in [4.69, 9.17) is 0 Å². The van der Waals surface area contributed by atoms with Crippen LogP contribution in [0.4, 0.5) is 0 Å². The Labute approximate surface area is 124 Å². The van der Waals surface area contributed by atoms with Crippen molar-refractivity contribution >= 4 is 5.91 Å². The van der Waals surface area contributed by atoms with Gasteiger partial charge in [0.1, 0.15) is 0 Å². The molecule has 1 amide bonds. The third-order valence-corrected chi connectivity index (χ3v) is 4.02. The first kappa shape index (κ1) is 13.8. The molecule has 0 unspecified atom stereocenters. The number of nitrogens with one attached hydrogen (secondary N) is 1. The molecule has 1 aliphatic carbocycles. The number of carbonyl (C=O) groups excluding carboxylic acids is 1. The van der Waals surface area contributed by atoms with Crippen LogP contribution in [0.2, 0.25) is 0 Å². The van der Waals surface area contributed by atoms with E-state index in [0.29, 0.717) is 11.6 Å². The quantitative estimate of drug-likeness (QED) is 0.942. The van der Waals surface area contributed by atoms with Gasteiger partial charge in [-0.25, -0.2) is 4.68 Å². The summed E-state index contributed by atoms with van der Waals surface area (Å²) in [4.78, 5) is 12.2. The lowest BCUT2D eigenvalue weighted by Gasteiger charge is -2.27. The average Bonchev–Trinajstić information content (AvgIpc) is 2.98. The zero-order valence-electron chi connectivity index (χ0n) is 12.2. The van der Waals surface area contributed by atoms with Crippen molar-refractivity contribution in [3.05, 3.63) is 42.2 Å². The van der Waals surface area contributed by atoms with Gasteiger partial charge in [0.2, 0.25) is 0 Å². The van der Waals surface area contributed by atoms with E-state index in [0.717, 1.165) is 18.5 Å². The number of rotatable bonds is 3. The Hall–Kier alpha value is -2.17. The van der Waals surface area contributed by atoms with Crippen LogP contribution < -0.4 is 5.32 Å². The third-order valence-electron chi connectivity index (χ3n) is 4.02. The fraction of sp³-hybridized carbons (Fsp3) is 0.438. The van der Waals surface area contributed by atoms with Crippen molar-refractivity contribution in [3.8, 4) is 5.69 Å². The van der Waals surface area contributed by atoms with Crippen LogP contribution in [0.5, 0.6) is 0 Å². The molecule has 5 nitrogen and oxygen atoms in total. The lowest BCUT2D eigenvalue weighted by Crippen LogP contribution is -2.38. The lowest BCUT2D eigenvalue weighted by molar-refractivity contribution is 0.0916. The second-order valence-corrected chi connectivity index (χ2v) is 5.83. The molecule has 1 aromatic heterocycles. The standard InChI is InChI=1S/C16H20N4O/c1-12-6-5-7-13(10-12)17-16(21)15-11-20(19-18-15)14-8-3-2-4-9-14/h2-4,8-9,11-13H,5-7,10H2,1H3,(H,17,21)/t12-,13+/m0/s1. The molecule has 1 N–H and O–H groups in total. The first-order valence-electron chi connectivity index (χ1n) is 7.51. The predicted molar refractivity (Wildman–Crippen MR) is 80.2 cm³/mol. The Morgan fingerprint density at radius 2 is 2.10 bits per heavy atom. The van der Waals surface area contributed by atoms with E-state index in [2.05, 4.69) is 22.6 Å². The van der Waals surface area contributed by atoms with Gasteiger partial charge in [0, 0.05) is 6.04 Å². The normalized spacial score (nSPS) is 22.0. The maximum Gasteiger partial charge on any atom is 0.273 e. The molecule has 0 saturated heterocycles. The van der Waals surface area contributed by atoms with Gasteiger partial charge in [-0.3, -0.25) is 4.79 Å². The van der Waals surface area contributed by atoms with E-state index in [1.165, 1.54) is 12.8 Å². The fourth-order valence-electron chi connectivity index (χ4n) is 2.90. The maximum absolute atomic E-state index is 12.2. The molecule has 2 atom stereocenters. The highest BCUT2D eigenvalue weighted by Crippen LogP contribution is 2.23. The van der Waals surface area contributed by atoms with Crippen molar-refractivity contribution in [2.75, 3.05) is 0 Å². The van der Waals surface area contributed by atoms with Crippen LogP contribution in [0.25, 0.3) is 5.69 Å². The molecule has 2 aromatic rings. The monoisotopic (exact) mass is 284 g/mol. The van der Waals surface area contributed by atoms with E-state index in [9.17, 15) is 4.79 Å². The highest BCUT2D eigenvalue weighted by Gasteiger charge is 2.22. The van der Waals surface area contributed by atoms with Gasteiger partial charge in [-0.2, -0.15) is 0 Å². The summed E-state index contributed by atoms with van der Waals surface area (Å²) in [7, 11) is 0. The van der Waals surface area contributed by atoms with Gasteiger partial charge in [0.15, 0.2) is 5.69 Å². The highest BCUT2D eigenvalue weighted by molar-refractivity contribution is 5.92. The second kappa shape index (κ2) is 6.08. The van der Waals surface area contributed by atoms with Gasteiger partial charge in [-0.1, -0.05) is 43.2 Å². The van der Waals surface area contributed by atoms with Crippen molar-refractivity contribution in [3.63, 3.8) is 0 Å². The van der Waals surface area contributed by atoms with Crippen LogP contribution in [0.1, 0.15) is 43.1 Å². The Morgan fingerprint density at radius 3 is 2.86 bits per heavy atom. The van der Waals surface area contributed by atoms with Gasteiger partial charge < -0.3 is 5.32 Å². The van der Waals surface area contributed by atoms with Gasteiger partial charge in [-0.05, 0) is 30.9 Å². The van der Waals surface area contributed by atoms with Crippen molar-refractivity contribution in [2.45, 2.75) is 38.6 Å². The van der Waals surface area contributed by atoms with E-state index >= 15 is 0 Å². The van der Waals surface area contributed by atoms with Crippen LogP contribution in [0.3, 0.4) is 0 Å². The third kappa shape index (κ3) is 3.29. The van der Waals surface area contributed by atoms with Crippen molar-refractivity contribution in [1.29, 1.82) is 0 Å². The molecule has 0 spiro atoms. The van der Waals surface area contributed by atoms with Crippen LogP contribution in [-0.4, -0.2) is 26.9 Å². The summed E-state index contributed by atoms with van der Waals surface area (Å²) in [6, 6.07) is 9.93. The smallest absolute Gasteiger partial charge is 0.273 e. The maximum atomic E-state index is 12.2.